The fourth-order valence-electron chi connectivity index (χ4n) is 2.20. The number of nitrogens with zero attached hydrogens (tertiary/aromatic N) is 1. The van der Waals surface area contributed by atoms with Crippen LogP contribution in [0.15, 0.2) is 48.5 Å². The molecule has 0 aliphatic carbocycles. The predicted octanol–water partition coefficient (Wildman–Crippen LogP) is 2.72. The fraction of sp³-hybridized carbons (Fsp3) is 0.278. The Morgan fingerprint density at radius 2 is 1.88 bits per heavy atom. The van der Waals surface area contributed by atoms with Gasteiger partial charge in [-0.3, -0.25) is 4.79 Å². The van der Waals surface area contributed by atoms with Crippen molar-refractivity contribution in [1.29, 1.82) is 0 Å². The molecule has 2 aromatic rings. The van der Waals surface area contributed by atoms with Gasteiger partial charge in [-0.05, 0) is 30.7 Å². The second-order valence-electron chi connectivity index (χ2n) is 5.31. The number of carbonyl (C=O) groups excluding carboxylic acids is 1. The number of halogens is 2. The van der Waals surface area contributed by atoms with Gasteiger partial charge in [0.25, 0.3) is 5.91 Å². The van der Waals surface area contributed by atoms with E-state index in [2.05, 4.69) is 0 Å². The lowest BCUT2D eigenvalue weighted by Gasteiger charge is -2.23. The number of carbonyl (C=O) groups is 1. The summed E-state index contributed by atoms with van der Waals surface area (Å²) in [6.07, 6.45) is 0.656. The number of hydrogen-bond acceptors (Lipinski definition) is 3. The first-order valence-corrected chi connectivity index (χ1v) is 7.70. The van der Waals surface area contributed by atoms with E-state index in [0.717, 1.165) is 17.7 Å². The third-order valence-corrected chi connectivity index (χ3v) is 3.45. The molecule has 1 amide bonds. The molecular weight excluding hydrogens is 314 g/mol. The molecule has 0 aliphatic rings. The Hall–Kier alpha value is -2.47. The average Bonchev–Trinajstić information content (AvgIpc) is 2.58. The van der Waals surface area contributed by atoms with Gasteiger partial charge in [0, 0.05) is 19.2 Å². The second-order valence-corrected chi connectivity index (χ2v) is 5.31. The van der Waals surface area contributed by atoms with Crippen LogP contribution in [0.4, 0.5) is 8.78 Å². The van der Waals surface area contributed by atoms with Crippen LogP contribution >= 0.6 is 0 Å². The van der Waals surface area contributed by atoms with Crippen molar-refractivity contribution < 1.29 is 18.3 Å². The van der Waals surface area contributed by atoms with E-state index < -0.39 is 11.6 Å². The van der Waals surface area contributed by atoms with Crippen molar-refractivity contribution in [1.82, 2.24) is 4.90 Å². The third kappa shape index (κ3) is 5.31. The van der Waals surface area contributed by atoms with E-state index in [1.165, 1.54) is 6.07 Å². The lowest BCUT2D eigenvalue weighted by Crippen LogP contribution is -2.36. The van der Waals surface area contributed by atoms with Crippen LogP contribution in [0.2, 0.25) is 0 Å². The van der Waals surface area contributed by atoms with Gasteiger partial charge in [0.2, 0.25) is 0 Å². The zero-order valence-electron chi connectivity index (χ0n) is 13.3. The highest BCUT2D eigenvalue weighted by Crippen LogP contribution is 2.17. The van der Waals surface area contributed by atoms with Gasteiger partial charge >= 0.3 is 0 Å². The molecule has 0 radical (unpaired) electrons. The van der Waals surface area contributed by atoms with Gasteiger partial charge in [0.15, 0.2) is 18.2 Å². The average molecular weight is 334 g/mol. The van der Waals surface area contributed by atoms with Crippen LogP contribution in [-0.4, -0.2) is 30.5 Å². The van der Waals surface area contributed by atoms with Crippen molar-refractivity contribution in [2.24, 2.45) is 5.73 Å². The second kappa shape index (κ2) is 8.98. The highest BCUT2D eigenvalue weighted by atomic mass is 19.1. The standard InChI is InChI=1S/C18H20F2N2O2/c19-15-7-8-17(16(20)11-15)24-13-18(23)22(10-4-9-21)12-14-5-2-1-3-6-14/h1-3,5-8,11H,4,9-10,12-13,21H2. The Balaban J connectivity index is 1.98. The summed E-state index contributed by atoms with van der Waals surface area (Å²) in [6.45, 7) is 1.06. The van der Waals surface area contributed by atoms with Crippen LogP contribution < -0.4 is 10.5 Å². The van der Waals surface area contributed by atoms with E-state index >= 15 is 0 Å². The molecule has 128 valence electrons. The number of ether oxygens (including phenoxy) is 1. The molecule has 0 fully saturated rings. The lowest BCUT2D eigenvalue weighted by molar-refractivity contribution is -0.134. The van der Waals surface area contributed by atoms with Crippen LogP contribution in [0.25, 0.3) is 0 Å². The molecule has 2 N–H and O–H groups in total. The molecule has 0 saturated carbocycles. The Morgan fingerprint density at radius 1 is 1.12 bits per heavy atom. The molecule has 0 bridgehead atoms. The molecule has 0 spiro atoms. The number of amides is 1. The van der Waals surface area contributed by atoms with Crippen molar-refractivity contribution in [3.63, 3.8) is 0 Å². The largest absolute Gasteiger partial charge is 0.481 e. The summed E-state index contributed by atoms with van der Waals surface area (Å²) in [5.74, 6) is -1.96. The topological polar surface area (TPSA) is 55.6 Å². The zero-order chi connectivity index (χ0) is 17.4. The van der Waals surface area contributed by atoms with Crippen LogP contribution in [0.5, 0.6) is 5.75 Å². The van der Waals surface area contributed by atoms with Crippen molar-refractivity contribution in [2.75, 3.05) is 19.7 Å². The summed E-state index contributed by atoms with van der Waals surface area (Å²) in [4.78, 5) is 14.0. The zero-order valence-corrected chi connectivity index (χ0v) is 13.3. The minimum absolute atomic E-state index is 0.150. The Labute approximate surface area is 139 Å². The van der Waals surface area contributed by atoms with Gasteiger partial charge in [-0.15, -0.1) is 0 Å². The maximum Gasteiger partial charge on any atom is 0.260 e. The smallest absolute Gasteiger partial charge is 0.260 e. The van der Waals surface area contributed by atoms with Crippen molar-refractivity contribution in [3.8, 4) is 5.75 Å². The molecule has 2 rings (SSSR count). The van der Waals surface area contributed by atoms with Crippen molar-refractivity contribution >= 4 is 5.91 Å². The van der Waals surface area contributed by atoms with Crippen molar-refractivity contribution in [3.05, 3.63) is 65.7 Å². The summed E-state index contributed by atoms with van der Waals surface area (Å²) in [6, 6.07) is 12.5. The molecule has 0 unspecified atom stereocenters. The van der Waals surface area contributed by atoms with E-state index in [1.807, 2.05) is 30.3 Å². The van der Waals surface area contributed by atoms with Gasteiger partial charge in [-0.2, -0.15) is 0 Å². The highest BCUT2D eigenvalue weighted by Gasteiger charge is 2.15. The van der Waals surface area contributed by atoms with Crippen LogP contribution in [-0.2, 0) is 11.3 Å². The van der Waals surface area contributed by atoms with Gasteiger partial charge in [-0.25, -0.2) is 8.78 Å². The first-order chi connectivity index (χ1) is 11.6. The molecule has 2 aromatic carbocycles. The molecule has 6 heteroatoms. The molecule has 0 heterocycles. The first-order valence-electron chi connectivity index (χ1n) is 7.70. The number of rotatable bonds is 8. The van der Waals surface area contributed by atoms with Gasteiger partial charge < -0.3 is 15.4 Å². The predicted molar refractivity (Wildman–Crippen MR) is 87.4 cm³/mol. The molecular formula is C18H20F2N2O2. The van der Waals surface area contributed by atoms with Crippen molar-refractivity contribution in [2.45, 2.75) is 13.0 Å². The maximum atomic E-state index is 13.5. The lowest BCUT2D eigenvalue weighted by atomic mass is 10.2. The minimum atomic E-state index is -0.834. The highest BCUT2D eigenvalue weighted by molar-refractivity contribution is 5.77. The third-order valence-electron chi connectivity index (χ3n) is 3.45. The Kier molecular flexibility index (Phi) is 6.69. The molecule has 0 saturated heterocycles. The summed E-state index contributed by atoms with van der Waals surface area (Å²) < 4.78 is 31.6. The fourth-order valence-corrected chi connectivity index (χ4v) is 2.20. The van der Waals surface area contributed by atoms with Crippen LogP contribution in [0.1, 0.15) is 12.0 Å². The van der Waals surface area contributed by atoms with E-state index in [0.29, 0.717) is 26.1 Å². The minimum Gasteiger partial charge on any atom is -0.481 e. The number of benzene rings is 2. The summed E-state index contributed by atoms with van der Waals surface area (Å²) in [7, 11) is 0. The molecule has 24 heavy (non-hydrogen) atoms. The quantitative estimate of drug-likeness (QED) is 0.807. The first kappa shape index (κ1) is 17.9. The monoisotopic (exact) mass is 334 g/mol. The summed E-state index contributed by atoms with van der Waals surface area (Å²) >= 11 is 0. The summed E-state index contributed by atoms with van der Waals surface area (Å²) in [5, 5.41) is 0. The van der Waals surface area contributed by atoms with Gasteiger partial charge in [0.05, 0.1) is 0 Å². The maximum absolute atomic E-state index is 13.5. The van der Waals surface area contributed by atoms with E-state index in [4.69, 9.17) is 10.5 Å². The molecule has 4 nitrogen and oxygen atoms in total. The van der Waals surface area contributed by atoms with E-state index in [9.17, 15) is 13.6 Å². The normalized spacial score (nSPS) is 10.5. The van der Waals surface area contributed by atoms with E-state index in [-0.39, 0.29) is 18.3 Å². The van der Waals surface area contributed by atoms with Gasteiger partial charge in [-0.1, -0.05) is 30.3 Å². The molecule has 0 aliphatic heterocycles. The van der Waals surface area contributed by atoms with Gasteiger partial charge in [0.1, 0.15) is 5.82 Å². The Morgan fingerprint density at radius 3 is 2.54 bits per heavy atom. The molecule has 0 aromatic heterocycles. The van der Waals surface area contributed by atoms with E-state index in [1.54, 1.807) is 4.90 Å². The SMILES string of the molecule is NCCCN(Cc1ccccc1)C(=O)COc1ccc(F)cc1F. The summed E-state index contributed by atoms with van der Waals surface area (Å²) in [5.41, 5.74) is 6.50. The number of nitrogens with two attached hydrogens (primary N) is 1. The molecule has 0 atom stereocenters. The number of hydrogen-bond donors (Lipinski definition) is 1. The van der Waals surface area contributed by atoms with Crippen LogP contribution in [0, 0.1) is 11.6 Å². The van der Waals surface area contributed by atoms with Crippen LogP contribution in [0.3, 0.4) is 0 Å². The Bertz CT molecular complexity index is 665.